The van der Waals surface area contributed by atoms with Crippen molar-refractivity contribution in [2.75, 3.05) is 51.6 Å². The monoisotopic (exact) mass is 368 g/mol. The number of likely N-dealkylation sites (N-methyl/N-ethyl adjacent to an activating group) is 1. The lowest BCUT2D eigenvalue weighted by Gasteiger charge is -2.33. The summed E-state index contributed by atoms with van der Waals surface area (Å²) in [6.45, 7) is 6.27. The van der Waals surface area contributed by atoms with E-state index >= 15 is 0 Å². The maximum Gasteiger partial charge on any atom is 0.243 e. The Hall–Kier alpha value is -1.48. The highest BCUT2D eigenvalue weighted by Crippen LogP contribution is 2.21. The average molecular weight is 369 g/mol. The molecule has 7 nitrogen and oxygen atoms in total. The van der Waals surface area contributed by atoms with Crippen molar-refractivity contribution in [1.82, 2.24) is 14.5 Å². The van der Waals surface area contributed by atoms with Crippen molar-refractivity contribution in [3.63, 3.8) is 0 Å². The van der Waals surface area contributed by atoms with Crippen LogP contribution < -0.4 is 10.6 Å². The van der Waals surface area contributed by atoms with Gasteiger partial charge in [0, 0.05) is 38.3 Å². The highest BCUT2D eigenvalue weighted by atomic mass is 32.2. The van der Waals surface area contributed by atoms with E-state index < -0.39 is 10.0 Å². The summed E-state index contributed by atoms with van der Waals surface area (Å²) in [7, 11) is -1.69. The molecule has 2 N–H and O–H groups in total. The van der Waals surface area contributed by atoms with Crippen molar-refractivity contribution in [1.29, 1.82) is 0 Å². The van der Waals surface area contributed by atoms with Crippen LogP contribution in [0, 0.1) is 0 Å². The van der Waals surface area contributed by atoms with Gasteiger partial charge in [-0.15, -0.1) is 0 Å². The molecule has 0 aromatic heterocycles. The molecule has 1 saturated heterocycles. The molecule has 1 aromatic carbocycles. The molecule has 1 heterocycles. The standard InChI is InChI=1S/C17H28N4O3S/c1-3-20-10-12-21(13-11-20)25(23,24)16-7-4-6-15(14-16)19-17(22)8-5-9-18-2/h4,6-7,14,18H,3,5,8-13H2,1-2H3,(H,19,22). The van der Waals surface area contributed by atoms with Crippen molar-refractivity contribution in [3.8, 4) is 0 Å². The van der Waals surface area contributed by atoms with E-state index in [1.807, 2.05) is 7.05 Å². The third-order valence-electron chi connectivity index (χ3n) is 4.36. The fourth-order valence-corrected chi connectivity index (χ4v) is 4.29. The second kappa shape index (κ2) is 9.28. The van der Waals surface area contributed by atoms with Crippen molar-refractivity contribution in [3.05, 3.63) is 24.3 Å². The number of amides is 1. The number of sulfonamides is 1. The molecule has 1 aliphatic heterocycles. The smallest absolute Gasteiger partial charge is 0.243 e. The molecule has 8 heteroatoms. The Bertz CT molecular complexity index is 670. The zero-order valence-corrected chi connectivity index (χ0v) is 15.8. The molecule has 0 bridgehead atoms. The van der Waals surface area contributed by atoms with Crippen LogP contribution in [0.4, 0.5) is 5.69 Å². The van der Waals surface area contributed by atoms with E-state index in [0.29, 0.717) is 25.2 Å². The number of rotatable bonds is 8. The van der Waals surface area contributed by atoms with E-state index in [1.165, 1.54) is 10.4 Å². The summed E-state index contributed by atoms with van der Waals surface area (Å²) in [5.74, 6) is -0.110. The van der Waals surface area contributed by atoms with Crippen LogP contribution in [0.5, 0.6) is 0 Å². The number of piperazine rings is 1. The first-order chi connectivity index (χ1) is 12.0. The Morgan fingerprint density at radius 1 is 1.20 bits per heavy atom. The number of hydrogen-bond acceptors (Lipinski definition) is 5. The van der Waals surface area contributed by atoms with E-state index in [9.17, 15) is 13.2 Å². The summed E-state index contributed by atoms with van der Waals surface area (Å²) in [6.07, 6.45) is 1.14. The first-order valence-corrected chi connectivity index (χ1v) is 10.2. The second-order valence-corrected chi connectivity index (χ2v) is 8.06. The number of nitrogens with zero attached hydrogens (tertiary/aromatic N) is 2. The number of benzene rings is 1. The number of nitrogens with one attached hydrogen (secondary N) is 2. The van der Waals surface area contributed by atoms with Crippen LogP contribution in [0.15, 0.2) is 29.2 Å². The molecule has 0 saturated carbocycles. The largest absolute Gasteiger partial charge is 0.326 e. The molecule has 1 amide bonds. The van der Waals surface area contributed by atoms with Crippen molar-refractivity contribution >= 4 is 21.6 Å². The van der Waals surface area contributed by atoms with Crippen LogP contribution in [0.25, 0.3) is 0 Å². The van der Waals surface area contributed by atoms with Gasteiger partial charge in [0.25, 0.3) is 0 Å². The van der Waals surface area contributed by atoms with E-state index in [2.05, 4.69) is 22.5 Å². The maximum absolute atomic E-state index is 12.8. The molecule has 0 atom stereocenters. The summed E-state index contributed by atoms with van der Waals surface area (Å²) in [6, 6.07) is 6.50. The predicted octanol–water partition coefficient (Wildman–Crippen LogP) is 0.951. The average Bonchev–Trinajstić information content (AvgIpc) is 2.62. The van der Waals surface area contributed by atoms with Crippen molar-refractivity contribution < 1.29 is 13.2 Å². The molecule has 0 unspecified atom stereocenters. The SMILES string of the molecule is CCN1CCN(S(=O)(=O)c2cccc(NC(=O)CCCNC)c2)CC1. The van der Waals surface area contributed by atoms with Crippen LogP contribution >= 0.6 is 0 Å². The Morgan fingerprint density at radius 2 is 1.92 bits per heavy atom. The summed E-state index contributed by atoms with van der Waals surface area (Å²) < 4.78 is 27.2. The Kier molecular flexibility index (Phi) is 7.37. The minimum absolute atomic E-state index is 0.110. The molecule has 1 aromatic rings. The van der Waals surface area contributed by atoms with Crippen molar-refractivity contribution in [2.24, 2.45) is 0 Å². The van der Waals surface area contributed by atoms with Gasteiger partial charge in [-0.05, 0) is 44.8 Å². The molecule has 0 radical (unpaired) electrons. The molecule has 1 fully saturated rings. The molecule has 1 aliphatic rings. The minimum atomic E-state index is -3.53. The molecule has 140 valence electrons. The highest BCUT2D eigenvalue weighted by molar-refractivity contribution is 7.89. The second-order valence-electron chi connectivity index (χ2n) is 6.12. The number of hydrogen-bond donors (Lipinski definition) is 2. The summed E-state index contributed by atoms with van der Waals surface area (Å²) in [5.41, 5.74) is 0.516. The van der Waals surface area contributed by atoms with Gasteiger partial charge < -0.3 is 15.5 Å². The van der Waals surface area contributed by atoms with Crippen molar-refractivity contribution in [2.45, 2.75) is 24.7 Å². The van der Waals surface area contributed by atoms with Crippen LogP contribution in [0.3, 0.4) is 0 Å². The number of anilines is 1. The fourth-order valence-electron chi connectivity index (χ4n) is 2.82. The third kappa shape index (κ3) is 5.50. The van der Waals surface area contributed by atoms with Gasteiger partial charge in [-0.3, -0.25) is 4.79 Å². The summed E-state index contributed by atoms with van der Waals surface area (Å²) in [5, 5.41) is 5.77. The quantitative estimate of drug-likeness (QED) is 0.668. The van der Waals surface area contributed by atoms with E-state index in [1.54, 1.807) is 18.2 Å². The van der Waals surface area contributed by atoms with Crippen LogP contribution in [0.1, 0.15) is 19.8 Å². The van der Waals surface area contributed by atoms with Crippen LogP contribution in [-0.4, -0.2) is 69.8 Å². The van der Waals surface area contributed by atoms with Gasteiger partial charge in [0.2, 0.25) is 15.9 Å². The lowest BCUT2D eigenvalue weighted by Crippen LogP contribution is -2.48. The van der Waals surface area contributed by atoms with Crippen LogP contribution in [-0.2, 0) is 14.8 Å². The van der Waals surface area contributed by atoms with Gasteiger partial charge >= 0.3 is 0 Å². The van der Waals surface area contributed by atoms with Gasteiger partial charge in [-0.2, -0.15) is 4.31 Å². The van der Waals surface area contributed by atoms with E-state index in [-0.39, 0.29) is 10.8 Å². The van der Waals surface area contributed by atoms with Gasteiger partial charge in [-0.25, -0.2) is 8.42 Å². The van der Waals surface area contributed by atoms with E-state index in [0.717, 1.165) is 32.6 Å². The predicted molar refractivity (Wildman–Crippen MR) is 99.1 cm³/mol. The summed E-state index contributed by atoms with van der Waals surface area (Å²) >= 11 is 0. The maximum atomic E-state index is 12.8. The zero-order chi connectivity index (χ0) is 18.3. The highest BCUT2D eigenvalue weighted by Gasteiger charge is 2.28. The van der Waals surface area contributed by atoms with Gasteiger partial charge in [0.15, 0.2) is 0 Å². The Labute approximate surface area is 150 Å². The lowest BCUT2D eigenvalue weighted by molar-refractivity contribution is -0.116. The fraction of sp³-hybridized carbons (Fsp3) is 0.588. The Morgan fingerprint density at radius 3 is 2.56 bits per heavy atom. The first-order valence-electron chi connectivity index (χ1n) is 8.74. The molecular formula is C17H28N4O3S. The molecule has 0 spiro atoms. The number of carbonyl (C=O) groups excluding carboxylic acids is 1. The van der Waals surface area contributed by atoms with Gasteiger partial charge in [0.1, 0.15) is 0 Å². The molecular weight excluding hydrogens is 340 g/mol. The molecule has 2 rings (SSSR count). The minimum Gasteiger partial charge on any atom is -0.326 e. The molecule has 25 heavy (non-hydrogen) atoms. The third-order valence-corrected chi connectivity index (χ3v) is 6.26. The van der Waals surface area contributed by atoms with Gasteiger partial charge in [0.05, 0.1) is 4.90 Å². The molecule has 0 aliphatic carbocycles. The normalized spacial score (nSPS) is 16.7. The Balaban J connectivity index is 2.03. The topological polar surface area (TPSA) is 81.8 Å². The van der Waals surface area contributed by atoms with Crippen LogP contribution in [0.2, 0.25) is 0 Å². The lowest BCUT2D eigenvalue weighted by atomic mass is 10.2. The zero-order valence-electron chi connectivity index (χ0n) is 15.0. The summed E-state index contributed by atoms with van der Waals surface area (Å²) in [4.78, 5) is 14.4. The van der Waals surface area contributed by atoms with Gasteiger partial charge in [-0.1, -0.05) is 13.0 Å². The first kappa shape index (κ1) is 19.8. The van der Waals surface area contributed by atoms with E-state index in [4.69, 9.17) is 0 Å². The number of carbonyl (C=O) groups is 1.